The lowest BCUT2D eigenvalue weighted by atomic mass is 10.2. The highest BCUT2D eigenvalue weighted by atomic mass is 19.4. The van der Waals surface area contributed by atoms with Crippen molar-refractivity contribution in [3.63, 3.8) is 0 Å². The van der Waals surface area contributed by atoms with Gasteiger partial charge in [-0.1, -0.05) is 19.9 Å². The van der Waals surface area contributed by atoms with E-state index in [9.17, 15) is 18.0 Å². The van der Waals surface area contributed by atoms with Crippen LogP contribution >= 0.6 is 0 Å². The molecule has 0 fully saturated rings. The maximum Gasteiger partial charge on any atom is 0.422 e. The van der Waals surface area contributed by atoms with Gasteiger partial charge in [-0.2, -0.15) is 13.2 Å². The number of ether oxygens (including phenoxy) is 1. The number of aromatic nitrogens is 1. The van der Waals surface area contributed by atoms with E-state index in [-0.39, 0.29) is 17.7 Å². The van der Waals surface area contributed by atoms with Crippen LogP contribution in [0.15, 0.2) is 24.5 Å². The van der Waals surface area contributed by atoms with Crippen LogP contribution in [0.25, 0.3) is 0 Å². The van der Waals surface area contributed by atoms with Gasteiger partial charge in [-0.05, 0) is 18.6 Å². The van der Waals surface area contributed by atoms with Crippen LogP contribution in [0, 0.1) is 12.8 Å². The first-order valence-corrected chi connectivity index (χ1v) is 8.76. The molecular weight excluding hydrogens is 361 g/mol. The summed E-state index contributed by atoms with van der Waals surface area (Å²) in [4.78, 5) is 15.6. The quantitative estimate of drug-likeness (QED) is 0.744. The fraction of sp³-hybridized carbons (Fsp3) is 0.556. The van der Waals surface area contributed by atoms with Gasteiger partial charge in [-0.25, -0.2) is 9.99 Å². The Balaban J connectivity index is 1.88. The van der Waals surface area contributed by atoms with Crippen molar-refractivity contribution in [1.82, 2.24) is 20.3 Å². The van der Waals surface area contributed by atoms with Gasteiger partial charge in [0, 0.05) is 43.5 Å². The van der Waals surface area contributed by atoms with Gasteiger partial charge in [-0.3, -0.25) is 4.79 Å². The summed E-state index contributed by atoms with van der Waals surface area (Å²) in [5.74, 6) is -0.0507. The summed E-state index contributed by atoms with van der Waals surface area (Å²) < 4.78 is 41.5. The number of amides is 1. The molecule has 2 heterocycles. The average Bonchev–Trinajstić information content (AvgIpc) is 3.00. The van der Waals surface area contributed by atoms with E-state index in [1.807, 2.05) is 31.1 Å². The van der Waals surface area contributed by atoms with Crippen LogP contribution in [0.4, 0.5) is 13.2 Å². The maximum absolute atomic E-state index is 12.3. The van der Waals surface area contributed by atoms with Crippen molar-refractivity contribution < 1.29 is 22.7 Å². The summed E-state index contributed by atoms with van der Waals surface area (Å²) in [5, 5.41) is 6.94. The Morgan fingerprint density at radius 2 is 2.15 bits per heavy atom. The molecule has 0 unspecified atom stereocenters. The van der Waals surface area contributed by atoms with Crippen LogP contribution in [0.1, 0.15) is 25.0 Å². The Bertz CT molecular complexity index is 677. The molecule has 9 heteroatoms. The molecule has 0 radical (unpaired) electrons. The van der Waals surface area contributed by atoms with E-state index >= 15 is 0 Å². The van der Waals surface area contributed by atoms with E-state index in [2.05, 4.69) is 15.3 Å². The molecule has 1 aliphatic heterocycles. The van der Waals surface area contributed by atoms with Crippen LogP contribution in [0.2, 0.25) is 0 Å². The summed E-state index contributed by atoms with van der Waals surface area (Å²) in [6.07, 6.45) is 1.09. The number of nitrogens with zero attached hydrogens (tertiary/aromatic N) is 3. The van der Waals surface area contributed by atoms with Crippen LogP contribution < -0.4 is 10.1 Å². The fourth-order valence-electron chi connectivity index (χ4n) is 2.58. The molecule has 1 N–H and O–H groups in total. The molecule has 2 rings (SSSR count). The first-order chi connectivity index (χ1) is 12.7. The number of rotatable bonds is 8. The number of hydrogen-bond donors (Lipinski definition) is 1. The molecule has 150 valence electrons. The molecule has 0 aliphatic carbocycles. The van der Waals surface area contributed by atoms with Crippen molar-refractivity contribution in [2.75, 3.05) is 26.2 Å². The molecule has 1 amide bonds. The SMILES string of the molecule is Cc1cc(CN2CC=CN2CCNC(=O)C(C)C)cnc1OCC(F)(F)F. The standard InChI is InChI=1S/C18H25F3N4O2/c1-13(2)16(26)22-5-8-24-6-4-7-25(24)11-15-9-14(3)17(23-10-15)27-12-18(19,20)21/h4,6,9-10,13H,5,7-8,11-12H2,1-3H3,(H,22,26). The second-order valence-corrected chi connectivity index (χ2v) is 6.71. The van der Waals surface area contributed by atoms with Gasteiger partial charge in [0.1, 0.15) is 0 Å². The Morgan fingerprint density at radius 1 is 1.41 bits per heavy atom. The summed E-state index contributed by atoms with van der Waals surface area (Å²) in [6.45, 7) is 6.43. The van der Waals surface area contributed by atoms with E-state index < -0.39 is 12.8 Å². The van der Waals surface area contributed by atoms with E-state index in [0.29, 0.717) is 31.7 Å². The third-order valence-corrected chi connectivity index (χ3v) is 3.95. The first kappa shape index (κ1) is 21.0. The molecular formula is C18H25F3N4O2. The first-order valence-electron chi connectivity index (χ1n) is 8.76. The molecule has 0 bridgehead atoms. The zero-order valence-corrected chi connectivity index (χ0v) is 15.7. The van der Waals surface area contributed by atoms with Crippen molar-refractivity contribution >= 4 is 5.91 Å². The number of hydrazine groups is 1. The molecule has 27 heavy (non-hydrogen) atoms. The molecule has 1 aliphatic rings. The predicted octanol–water partition coefficient (Wildman–Crippen LogP) is 2.65. The number of carbonyl (C=O) groups is 1. The van der Waals surface area contributed by atoms with Gasteiger partial charge >= 0.3 is 6.18 Å². The van der Waals surface area contributed by atoms with Crippen molar-refractivity contribution in [2.24, 2.45) is 5.92 Å². The number of pyridine rings is 1. The molecule has 0 saturated heterocycles. The van der Waals surface area contributed by atoms with Crippen molar-refractivity contribution in [1.29, 1.82) is 0 Å². The van der Waals surface area contributed by atoms with Crippen LogP contribution in [0.3, 0.4) is 0 Å². The topological polar surface area (TPSA) is 57.7 Å². The predicted molar refractivity (Wildman–Crippen MR) is 94.6 cm³/mol. The zero-order valence-electron chi connectivity index (χ0n) is 15.7. The molecule has 0 atom stereocenters. The van der Waals surface area contributed by atoms with Crippen molar-refractivity contribution in [3.05, 3.63) is 35.7 Å². The number of hydrogen-bond acceptors (Lipinski definition) is 5. The van der Waals surface area contributed by atoms with Gasteiger partial charge in [0.25, 0.3) is 0 Å². The lowest BCUT2D eigenvalue weighted by molar-refractivity contribution is -0.154. The summed E-state index contributed by atoms with van der Waals surface area (Å²) in [7, 11) is 0. The molecule has 1 aromatic heterocycles. The van der Waals surface area contributed by atoms with Gasteiger partial charge < -0.3 is 15.1 Å². The number of nitrogens with one attached hydrogen (secondary N) is 1. The van der Waals surface area contributed by atoms with Gasteiger partial charge in [0.05, 0.1) is 6.54 Å². The minimum absolute atomic E-state index is 0.0103. The van der Waals surface area contributed by atoms with Gasteiger partial charge in [0.15, 0.2) is 6.61 Å². The lowest BCUT2D eigenvalue weighted by Gasteiger charge is -2.29. The smallest absolute Gasteiger partial charge is 0.422 e. The Kier molecular flexibility index (Phi) is 7.06. The van der Waals surface area contributed by atoms with Gasteiger partial charge in [0.2, 0.25) is 11.8 Å². The highest BCUT2D eigenvalue weighted by Crippen LogP contribution is 2.21. The monoisotopic (exact) mass is 386 g/mol. The van der Waals surface area contributed by atoms with Crippen molar-refractivity contribution in [2.45, 2.75) is 33.5 Å². The molecule has 6 nitrogen and oxygen atoms in total. The fourth-order valence-corrected chi connectivity index (χ4v) is 2.58. The summed E-state index contributed by atoms with van der Waals surface area (Å²) in [6, 6.07) is 1.77. The molecule has 0 spiro atoms. The van der Waals surface area contributed by atoms with Crippen LogP contribution in [-0.2, 0) is 11.3 Å². The Hall–Kier alpha value is -2.29. The summed E-state index contributed by atoms with van der Waals surface area (Å²) in [5.41, 5.74) is 1.42. The largest absolute Gasteiger partial charge is 0.468 e. The van der Waals surface area contributed by atoms with Gasteiger partial charge in [-0.15, -0.1) is 0 Å². The molecule has 0 aromatic carbocycles. The normalized spacial score (nSPS) is 14.9. The van der Waals surface area contributed by atoms with E-state index in [1.165, 1.54) is 6.20 Å². The second-order valence-electron chi connectivity index (χ2n) is 6.71. The third kappa shape index (κ3) is 6.74. The second kappa shape index (κ2) is 9.07. The molecule has 1 aromatic rings. The number of aryl methyl sites for hydroxylation is 1. The summed E-state index contributed by atoms with van der Waals surface area (Å²) >= 11 is 0. The number of alkyl halides is 3. The molecule has 0 saturated carbocycles. The van der Waals surface area contributed by atoms with Crippen molar-refractivity contribution in [3.8, 4) is 5.88 Å². The maximum atomic E-state index is 12.3. The minimum atomic E-state index is -4.39. The number of halogens is 3. The highest BCUT2D eigenvalue weighted by Gasteiger charge is 2.29. The number of carbonyl (C=O) groups excluding carboxylic acids is 1. The Morgan fingerprint density at radius 3 is 2.78 bits per heavy atom. The van der Waals surface area contributed by atoms with E-state index in [4.69, 9.17) is 4.74 Å². The average molecular weight is 386 g/mol. The Labute approximate surface area is 157 Å². The van der Waals surface area contributed by atoms with E-state index in [1.54, 1.807) is 13.0 Å². The minimum Gasteiger partial charge on any atom is -0.468 e. The van der Waals surface area contributed by atoms with Crippen LogP contribution in [-0.4, -0.2) is 53.3 Å². The third-order valence-electron chi connectivity index (χ3n) is 3.95. The van der Waals surface area contributed by atoms with Crippen LogP contribution in [0.5, 0.6) is 5.88 Å². The zero-order chi connectivity index (χ0) is 20.0. The van der Waals surface area contributed by atoms with E-state index in [0.717, 1.165) is 5.56 Å². The lowest BCUT2D eigenvalue weighted by Crippen LogP contribution is -2.40. The highest BCUT2D eigenvalue weighted by molar-refractivity contribution is 5.77.